The smallest absolute Gasteiger partial charge is 0.265 e. The van der Waals surface area contributed by atoms with Crippen LogP contribution in [-0.2, 0) is 6.54 Å². The first-order valence-corrected chi connectivity index (χ1v) is 7.50. The molecule has 8 heteroatoms. The maximum atomic E-state index is 12.0. The molecule has 0 saturated heterocycles. The van der Waals surface area contributed by atoms with Crippen LogP contribution in [0.2, 0.25) is 0 Å². The number of carbonyl (C=O) groups excluding carboxylic acids is 1. The van der Waals surface area contributed by atoms with E-state index < -0.39 is 0 Å². The molecule has 0 aliphatic heterocycles. The van der Waals surface area contributed by atoms with Gasteiger partial charge in [0.1, 0.15) is 10.7 Å². The molecule has 0 aliphatic rings. The molecule has 0 fully saturated rings. The van der Waals surface area contributed by atoms with Gasteiger partial charge in [0.25, 0.3) is 5.91 Å². The van der Waals surface area contributed by atoms with Gasteiger partial charge in [-0.25, -0.2) is 9.97 Å². The number of thiazole rings is 2. The van der Waals surface area contributed by atoms with Crippen molar-refractivity contribution in [3.63, 3.8) is 0 Å². The van der Waals surface area contributed by atoms with E-state index in [1.807, 2.05) is 19.2 Å². The highest BCUT2D eigenvalue weighted by atomic mass is 32.1. The van der Waals surface area contributed by atoms with Gasteiger partial charge in [-0.05, 0) is 13.8 Å². The van der Waals surface area contributed by atoms with Crippen molar-refractivity contribution in [2.24, 2.45) is 0 Å². The molecule has 2 rings (SSSR count). The predicted molar refractivity (Wildman–Crippen MR) is 78.6 cm³/mol. The van der Waals surface area contributed by atoms with Crippen LogP contribution in [0.25, 0.3) is 0 Å². The summed E-state index contributed by atoms with van der Waals surface area (Å²) in [5, 5.41) is 8.45. The molecule has 19 heavy (non-hydrogen) atoms. The van der Waals surface area contributed by atoms with Crippen LogP contribution in [0.3, 0.4) is 0 Å². The molecule has 0 bridgehead atoms. The van der Waals surface area contributed by atoms with Crippen molar-refractivity contribution in [1.82, 2.24) is 15.3 Å². The van der Waals surface area contributed by atoms with Crippen LogP contribution in [0, 0.1) is 0 Å². The maximum absolute atomic E-state index is 12.0. The van der Waals surface area contributed by atoms with Gasteiger partial charge in [-0.2, -0.15) is 0 Å². The number of hydrogen-bond acceptors (Lipinski definition) is 7. The molecule has 0 atom stereocenters. The lowest BCUT2D eigenvalue weighted by Crippen LogP contribution is -2.22. The first-order chi connectivity index (χ1) is 9.06. The fourth-order valence-corrected chi connectivity index (χ4v) is 2.88. The summed E-state index contributed by atoms with van der Waals surface area (Å²) in [6, 6.07) is 0.247. The number of hydrogen-bond donors (Lipinski definition) is 3. The largest absolute Gasteiger partial charge is 0.382 e. The van der Waals surface area contributed by atoms with Crippen LogP contribution in [-0.4, -0.2) is 21.9 Å². The third-order valence-electron chi connectivity index (χ3n) is 2.19. The predicted octanol–water partition coefficient (Wildman–Crippen LogP) is 1.93. The minimum absolute atomic E-state index is 0.222. The van der Waals surface area contributed by atoms with Crippen molar-refractivity contribution in [2.45, 2.75) is 26.4 Å². The lowest BCUT2D eigenvalue weighted by Gasteiger charge is -2.04. The number of aromatic nitrogens is 2. The van der Waals surface area contributed by atoms with E-state index in [0.29, 0.717) is 16.6 Å². The van der Waals surface area contributed by atoms with E-state index >= 15 is 0 Å². The molecule has 0 aliphatic carbocycles. The molecule has 0 saturated carbocycles. The molecule has 2 aromatic heterocycles. The zero-order chi connectivity index (χ0) is 13.8. The molecule has 0 spiro atoms. The van der Waals surface area contributed by atoms with Gasteiger partial charge in [-0.3, -0.25) is 4.79 Å². The van der Waals surface area contributed by atoms with Crippen molar-refractivity contribution in [1.29, 1.82) is 0 Å². The van der Waals surface area contributed by atoms with Crippen LogP contribution < -0.4 is 16.4 Å². The van der Waals surface area contributed by atoms with E-state index in [2.05, 4.69) is 20.6 Å². The van der Waals surface area contributed by atoms with E-state index in [1.54, 1.807) is 5.51 Å². The average Bonchev–Trinajstić information content (AvgIpc) is 2.95. The van der Waals surface area contributed by atoms with Crippen LogP contribution in [0.15, 0.2) is 10.9 Å². The first kappa shape index (κ1) is 13.8. The number of amides is 1. The lowest BCUT2D eigenvalue weighted by atomic mass is 10.4. The van der Waals surface area contributed by atoms with Gasteiger partial charge in [0.15, 0.2) is 5.13 Å². The summed E-state index contributed by atoms with van der Waals surface area (Å²) in [6.07, 6.45) is 0. The van der Waals surface area contributed by atoms with Crippen molar-refractivity contribution in [2.75, 3.05) is 11.1 Å². The normalized spacial score (nSPS) is 10.7. The summed E-state index contributed by atoms with van der Waals surface area (Å²) in [5.74, 6) is 0.0312. The summed E-state index contributed by atoms with van der Waals surface area (Å²) in [6.45, 7) is 4.39. The van der Waals surface area contributed by atoms with Crippen molar-refractivity contribution in [3.8, 4) is 0 Å². The Balaban J connectivity index is 2.00. The Bertz CT molecular complexity index is 549. The van der Waals surface area contributed by atoms with Crippen molar-refractivity contribution < 1.29 is 4.79 Å². The van der Waals surface area contributed by atoms with Crippen LogP contribution >= 0.6 is 22.7 Å². The van der Waals surface area contributed by atoms with Gasteiger partial charge in [0.2, 0.25) is 0 Å². The molecule has 0 radical (unpaired) electrons. The topological polar surface area (TPSA) is 92.9 Å². The number of anilines is 2. The van der Waals surface area contributed by atoms with Gasteiger partial charge in [-0.15, -0.1) is 11.3 Å². The fourth-order valence-electron chi connectivity index (χ4n) is 1.38. The molecule has 0 aromatic carbocycles. The SMILES string of the molecule is CC(C)Nc1nc(N)c(C(=O)NCc2cscn2)s1. The monoisotopic (exact) mass is 297 g/mol. The van der Waals surface area contributed by atoms with E-state index in [4.69, 9.17) is 5.73 Å². The van der Waals surface area contributed by atoms with E-state index in [0.717, 1.165) is 5.69 Å². The van der Waals surface area contributed by atoms with Crippen LogP contribution in [0.1, 0.15) is 29.2 Å². The molecule has 2 heterocycles. The molecular formula is C11H15N5OS2. The molecule has 102 valence electrons. The zero-order valence-electron chi connectivity index (χ0n) is 10.6. The number of carbonyl (C=O) groups is 1. The minimum atomic E-state index is -0.222. The second kappa shape index (κ2) is 5.98. The lowest BCUT2D eigenvalue weighted by molar-refractivity contribution is 0.0955. The first-order valence-electron chi connectivity index (χ1n) is 5.74. The van der Waals surface area contributed by atoms with Gasteiger partial charge in [0.05, 0.1) is 17.7 Å². The molecular weight excluding hydrogens is 282 g/mol. The number of rotatable bonds is 5. The number of nitrogens with one attached hydrogen (secondary N) is 2. The standard InChI is InChI=1S/C11H15N5OS2/c1-6(2)15-11-16-9(12)8(19-11)10(17)13-3-7-4-18-5-14-7/h4-6H,3,12H2,1-2H3,(H,13,17)(H,15,16). The highest BCUT2D eigenvalue weighted by Gasteiger charge is 2.16. The summed E-state index contributed by atoms with van der Waals surface area (Å²) >= 11 is 2.75. The highest BCUT2D eigenvalue weighted by Crippen LogP contribution is 2.25. The van der Waals surface area contributed by atoms with Crippen molar-refractivity contribution >= 4 is 39.5 Å². The van der Waals surface area contributed by atoms with E-state index in [9.17, 15) is 4.79 Å². The summed E-state index contributed by atoms with van der Waals surface area (Å²) in [5.41, 5.74) is 8.32. The summed E-state index contributed by atoms with van der Waals surface area (Å²) in [4.78, 5) is 20.6. The minimum Gasteiger partial charge on any atom is -0.382 e. The molecule has 6 nitrogen and oxygen atoms in total. The third-order valence-corrected chi connectivity index (χ3v) is 3.82. The van der Waals surface area contributed by atoms with Crippen LogP contribution in [0.5, 0.6) is 0 Å². The molecule has 4 N–H and O–H groups in total. The summed E-state index contributed by atoms with van der Waals surface area (Å²) < 4.78 is 0. The average molecular weight is 297 g/mol. The summed E-state index contributed by atoms with van der Waals surface area (Å²) in [7, 11) is 0. The van der Waals surface area contributed by atoms with E-state index in [1.165, 1.54) is 22.7 Å². The second-order valence-corrected chi connectivity index (χ2v) is 5.91. The number of nitrogens with zero attached hydrogens (tertiary/aromatic N) is 2. The molecule has 1 amide bonds. The fraction of sp³-hybridized carbons (Fsp3) is 0.364. The Kier molecular flexibility index (Phi) is 4.33. The zero-order valence-corrected chi connectivity index (χ0v) is 12.3. The quantitative estimate of drug-likeness (QED) is 0.784. The third kappa shape index (κ3) is 3.65. The van der Waals surface area contributed by atoms with Gasteiger partial charge in [-0.1, -0.05) is 11.3 Å². The Morgan fingerprint density at radius 3 is 2.95 bits per heavy atom. The maximum Gasteiger partial charge on any atom is 0.265 e. The van der Waals surface area contributed by atoms with Gasteiger partial charge >= 0.3 is 0 Å². The second-order valence-electron chi connectivity index (χ2n) is 4.19. The highest BCUT2D eigenvalue weighted by molar-refractivity contribution is 7.18. The Labute approximate surface area is 119 Å². The number of nitrogen functional groups attached to an aromatic ring is 1. The molecule has 2 aromatic rings. The van der Waals surface area contributed by atoms with Crippen molar-refractivity contribution in [3.05, 3.63) is 21.5 Å². The van der Waals surface area contributed by atoms with Gasteiger partial charge in [0, 0.05) is 11.4 Å². The number of nitrogens with two attached hydrogens (primary N) is 1. The molecule has 0 unspecified atom stereocenters. The Morgan fingerprint density at radius 1 is 1.53 bits per heavy atom. The van der Waals surface area contributed by atoms with Crippen LogP contribution in [0.4, 0.5) is 10.9 Å². The van der Waals surface area contributed by atoms with Gasteiger partial charge < -0.3 is 16.4 Å². The Hall–Kier alpha value is -1.67. The Morgan fingerprint density at radius 2 is 2.32 bits per heavy atom. The van der Waals surface area contributed by atoms with E-state index in [-0.39, 0.29) is 17.8 Å².